The fourth-order valence-electron chi connectivity index (χ4n) is 4.30. The van der Waals surface area contributed by atoms with Crippen LogP contribution in [0.5, 0.6) is 0 Å². The maximum Gasteiger partial charge on any atom is 0.243 e. The molecule has 1 fully saturated rings. The molecule has 6 nitrogen and oxygen atoms in total. The molecule has 1 aliphatic heterocycles. The summed E-state index contributed by atoms with van der Waals surface area (Å²) < 4.78 is 0. The summed E-state index contributed by atoms with van der Waals surface area (Å²) in [6.07, 6.45) is 12.1. The first-order valence-corrected chi connectivity index (χ1v) is 11.4. The van der Waals surface area contributed by atoms with Crippen molar-refractivity contribution in [1.29, 1.82) is 0 Å². The van der Waals surface area contributed by atoms with Gasteiger partial charge in [0.1, 0.15) is 0 Å². The van der Waals surface area contributed by atoms with Gasteiger partial charge in [-0.1, -0.05) is 52.9 Å². The molecule has 6 heteroatoms. The zero-order chi connectivity index (χ0) is 21.3. The van der Waals surface area contributed by atoms with Crippen molar-refractivity contribution in [3.05, 3.63) is 11.8 Å². The van der Waals surface area contributed by atoms with Crippen molar-refractivity contribution in [1.82, 2.24) is 15.8 Å². The SMILES string of the molecule is CCCCCCCCC(=O)N1CCCC(C(=O)NNC2=CC(=O)CC(C)(C)C2)C1. The number of nitrogens with one attached hydrogen (secondary N) is 2. The number of hydrogen-bond acceptors (Lipinski definition) is 4. The number of allylic oxidation sites excluding steroid dienone is 2. The number of likely N-dealkylation sites (tertiary alicyclic amines) is 1. The largest absolute Gasteiger partial charge is 0.342 e. The van der Waals surface area contributed by atoms with Crippen LogP contribution in [0.15, 0.2) is 11.8 Å². The molecule has 29 heavy (non-hydrogen) atoms. The Morgan fingerprint density at radius 2 is 1.86 bits per heavy atom. The van der Waals surface area contributed by atoms with Crippen LogP contribution in [0.3, 0.4) is 0 Å². The highest BCUT2D eigenvalue weighted by molar-refractivity contribution is 5.91. The van der Waals surface area contributed by atoms with E-state index in [1.807, 2.05) is 4.90 Å². The van der Waals surface area contributed by atoms with E-state index in [0.717, 1.165) is 44.3 Å². The Labute approximate surface area is 175 Å². The second-order valence-electron chi connectivity index (χ2n) is 9.46. The smallest absolute Gasteiger partial charge is 0.243 e. The summed E-state index contributed by atoms with van der Waals surface area (Å²) in [5, 5.41) is 0. The molecule has 0 spiro atoms. The Hall–Kier alpha value is -1.85. The number of carbonyl (C=O) groups excluding carboxylic acids is 3. The number of piperidine rings is 1. The number of unbranched alkanes of at least 4 members (excludes halogenated alkanes) is 5. The topological polar surface area (TPSA) is 78.5 Å². The second kappa shape index (κ2) is 11.4. The van der Waals surface area contributed by atoms with Gasteiger partial charge in [-0.25, -0.2) is 0 Å². The van der Waals surface area contributed by atoms with Crippen LogP contribution in [0.4, 0.5) is 0 Å². The molecule has 2 N–H and O–H groups in total. The summed E-state index contributed by atoms with van der Waals surface area (Å²) in [4.78, 5) is 38.8. The maximum atomic E-state index is 12.6. The summed E-state index contributed by atoms with van der Waals surface area (Å²) in [7, 11) is 0. The van der Waals surface area contributed by atoms with Gasteiger partial charge in [0.15, 0.2) is 5.78 Å². The summed E-state index contributed by atoms with van der Waals surface area (Å²) >= 11 is 0. The van der Waals surface area contributed by atoms with E-state index in [1.54, 1.807) is 6.08 Å². The lowest BCUT2D eigenvalue weighted by molar-refractivity contribution is -0.136. The zero-order valence-corrected chi connectivity index (χ0v) is 18.5. The Kier molecular flexibility index (Phi) is 9.18. The van der Waals surface area contributed by atoms with E-state index in [2.05, 4.69) is 31.6 Å². The first kappa shape index (κ1) is 23.4. The van der Waals surface area contributed by atoms with Crippen molar-refractivity contribution in [2.24, 2.45) is 11.3 Å². The zero-order valence-electron chi connectivity index (χ0n) is 18.5. The van der Waals surface area contributed by atoms with Crippen molar-refractivity contribution < 1.29 is 14.4 Å². The summed E-state index contributed by atoms with van der Waals surface area (Å²) in [5.41, 5.74) is 6.37. The molecule has 1 aliphatic carbocycles. The number of amides is 2. The molecule has 1 unspecified atom stereocenters. The molecule has 2 rings (SSSR count). The van der Waals surface area contributed by atoms with Gasteiger partial charge >= 0.3 is 0 Å². The summed E-state index contributed by atoms with van der Waals surface area (Å²) in [6, 6.07) is 0. The molecule has 1 heterocycles. The van der Waals surface area contributed by atoms with E-state index in [-0.39, 0.29) is 28.9 Å². The average Bonchev–Trinajstić information content (AvgIpc) is 2.67. The third-order valence-corrected chi connectivity index (χ3v) is 5.89. The molecule has 0 aromatic carbocycles. The van der Waals surface area contributed by atoms with Crippen LogP contribution in [0, 0.1) is 11.3 Å². The lowest BCUT2D eigenvalue weighted by Crippen LogP contribution is -2.49. The minimum Gasteiger partial charge on any atom is -0.342 e. The van der Waals surface area contributed by atoms with E-state index in [1.165, 1.54) is 25.7 Å². The van der Waals surface area contributed by atoms with Crippen molar-refractivity contribution >= 4 is 17.6 Å². The molecular formula is C23H39N3O3. The van der Waals surface area contributed by atoms with Crippen LogP contribution in [-0.4, -0.2) is 35.6 Å². The predicted molar refractivity (Wildman–Crippen MR) is 115 cm³/mol. The highest BCUT2D eigenvalue weighted by atomic mass is 16.2. The van der Waals surface area contributed by atoms with Crippen molar-refractivity contribution in [2.75, 3.05) is 13.1 Å². The van der Waals surface area contributed by atoms with Gasteiger partial charge in [0, 0.05) is 37.7 Å². The van der Waals surface area contributed by atoms with Crippen LogP contribution < -0.4 is 10.9 Å². The molecule has 0 radical (unpaired) electrons. The van der Waals surface area contributed by atoms with Gasteiger partial charge in [-0.15, -0.1) is 0 Å². The normalized spacial score (nSPS) is 21.5. The van der Waals surface area contributed by atoms with Crippen LogP contribution in [-0.2, 0) is 14.4 Å². The van der Waals surface area contributed by atoms with Gasteiger partial charge in [0.25, 0.3) is 0 Å². The van der Waals surface area contributed by atoms with Crippen LogP contribution in [0.25, 0.3) is 0 Å². The maximum absolute atomic E-state index is 12.6. The lowest BCUT2D eigenvalue weighted by atomic mass is 9.79. The molecule has 1 saturated heterocycles. The molecule has 0 saturated carbocycles. The fraction of sp³-hybridized carbons (Fsp3) is 0.783. The minimum atomic E-state index is -0.197. The van der Waals surface area contributed by atoms with Gasteiger partial charge in [-0.05, 0) is 31.1 Å². The van der Waals surface area contributed by atoms with Crippen molar-refractivity contribution in [3.63, 3.8) is 0 Å². The van der Waals surface area contributed by atoms with Gasteiger partial charge in [0.2, 0.25) is 11.8 Å². The Bertz CT molecular complexity index is 612. The van der Waals surface area contributed by atoms with Gasteiger partial charge in [-0.2, -0.15) is 0 Å². The first-order valence-electron chi connectivity index (χ1n) is 11.4. The molecule has 0 aromatic rings. The Balaban J connectivity index is 1.73. The van der Waals surface area contributed by atoms with Gasteiger partial charge in [-0.3, -0.25) is 19.8 Å². The van der Waals surface area contributed by atoms with Crippen LogP contribution >= 0.6 is 0 Å². The molecule has 2 amide bonds. The highest BCUT2D eigenvalue weighted by Gasteiger charge is 2.30. The summed E-state index contributed by atoms with van der Waals surface area (Å²) in [5.74, 6) is -0.0353. The van der Waals surface area contributed by atoms with E-state index in [9.17, 15) is 14.4 Å². The Morgan fingerprint density at radius 1 is 1.14 bits per heavy atom. The second-order valence-corrected chi connectivity index (χ2v) is 9.46. The molecule has 0 bridgehead atoms. The average molecular weight is 406 g/mol. The van der Waals surface area contributed by atoms with Crippen molar-refractivity contribution in [2.45, 2.75) is 91.4 Å². The fourth-order valence-corrected chi connectivity index (χ4v) is 4.30. The van der Waals surface area contributed by atoms with Crippen LogP contribution in [0.2, 0.25) is 0 Å². The number of hydrogen-bond donors (Lipinski definition) is 2. The Morgan fingerprint density at radius 3 is 2.59 bits per heavy atom. The first-order chi connectivity index (χ1) is 13.8. The molecular weight excluding hydrogens is 366 g/mol. The van der Waals surface area contributed by atoms with Crippen molar-refractivity contribution in [3.8, 4) is 0 Å². The monoisotopic (exact) mass is 405 g/mol. The van der Waals surface area contributed by atoms with E-state index < -0.39 is 0 Å². The quantitative estimate of drug-likeness (QED) is 0.427. The minimum absolute atomic E-state index is 0.0853. The number of carbonyl (C=O) groups is 3. The number of nitrogens with zero attached hydrogens (tertiary/aromatic N) is 1. The van der Waals surface area contributed by atoms with E-state index >= 15 is 0 Å². The third kappa shape index (κ3) is 8.19. The molecule has 2 aliphatic rings. The highest BCUT2D eigenvalue weighted by Crippen LogP contribution is 2.32. The predicted octanol–water partition coefficient (Wildman–Crippen LogP) is 3.87. The number of hydrazine groups is 1. The molecule has 1 atom stereocenters. The number of rotatable bonds is 10. The van der Waals surface area contributed by atoms with Gasteiger partial charge < -0.3 is 10.3 Å². The lowest BCUT2D eigenvalue weighted by Gasteiger charge is -2.33. The van der Waals surface area contributed by atoms with Gasteiger partial charge in [0.05, 0.1) is 5.92 Å². The number of ketones is 1. The molecule has 164 valence electrons. The van der Waals surface area contributed by atoms with E-state index in [4.69, 9.17) is 0 Å². The van der Waals surface area contributed by atoms with Crippen LogP contribution in [0.1, 0.15) is 91.4 Å². The third-order valence-electron chi connectivity index (χ3n) is 5.89. The standard InChI is InChI=1S/C23H39N3O3/c1-4-5-6-7-8-9-12-21(28)26-13-10-11-18(17-26)22(29)25-24-19-14-20(27)16-23(2,3)15-19/h14,18,24H,4-13,15-17H2,1-3H3,(H,25,29). The molecule has 0 aromatic heterocycles. The summed E-state index contributed by atoms with van der Waals surface area (Å²) in [6.45, 7) is 7.55. The van der Waals surface area contributed by atoms with E-state index in [0.29, 0.717) is 19.4 Å².